The summed E-state index contributed by atoms with van der Waals surface area (Å²) >= 11 is 0. The number of likely N-dealkylation sites (N-methyl/N-ethyl adjacent to an activating group) is 1. The van der Waals surface area contributed by atoms with Crippen LogP contribution < -0.4 is 26.4 Å². The van der Waals surface area contributed by atoms with E-state index in [1.807, 2.05) is 7.05 Å². The van der Waals surface area contributed by atoms with Crippen LogP contribution in [0.1, 0.15) is 23.2 Å². The molecule has 0 spiro atoms. The zero-order valence-electron chi connectivity index (χ0n) is 13.7. The average molecular weight is 375 g/mol. The molecule has 23 heavy (non-hydrogen) atoms. The minimum absolute atomic E-state index is 0. The first kappa shape index (κ1) is 17.7. The van der Waals surface area contributed by atoms with Gasteiger partial charge in [0.25, 0.3) is 0 Å². The minimum Gasteiger partial charge on any atom is -1.00 e. The fourth-order valence-electron chi connectivity index (χ4n) is 3.00. The molecule has 0 saturated carbocycles. The van der Waals surface area contributed by atoms with E-state index < -0.39 is 0 Å². The summed E-state index contributed by atoms with van der Waals surface area (Å²) < 4.78 is 2.31. The molecule has 4 heteroatoms. The zero-order valence-corrected chi connectivity index (χ0v) is 15.3. The van der Waals surface area contributed by atoms with Crippen molar-refractivity contribution in [2.75, 3.05) is 25.1 Å². The summed E-state index contributed by atoms with van der Waals surface area (Å²) in [5, 5.41) is 9.05. The van der Waals surface area contributed by atoms with Crippen molar-refractivity contribution in [1.82, 2.24) is 0 Å². The second-order valence-corrected chi connectivity index (χ2v) is 5.88. The summed E-state index contributed by atoms with van der Waals surface area (Å²) in [6.45, 7) is 4.05. The first-order valence-corrected chi connectivity index (χ1v) is 7.81. The second-order valence-electron chi connectivity index (χ2n) is 5.88. The van der Waals surface area contributed by atoms with E-state index in [-0.39, 0.29) is 23.6 Å². The average Bonchev–Trinajstić information content (AvgIpc) is 2.93. The lowest BCUT2D eigenvalue weighted by molar-refractivity contribution is -0.689. The number of benzene rings is 1. The number of aryl methyl sites for hydroxylation is 2. The SMILES string of the molecule is Cc1cc(N(C)CCO)ccc1/C=C1\CC[n+]2ccccc21.[Br-]. The molecule has 1 aliphatic heterocycles. The van der Waals surface area contributed by atoms with Crippen LogP contribution in [0.25, 0.3) is 11.6 Å². The van der Waals surface area contributed by atoms with Crippen LogP contribution >= 0.6 is 0 Å². The maximum absolute atomic E-state index is 9.05. The summed E-state index contributed by atoms with van der Waals surface area (Å²) in [6, 6.07) is 12.9. The van der Waals surface area contributed by atoms with Gasteiger partial charge < -0.3 is 27.0 Å². The number of fused-ring (bicyclic) bond motifs is 1. The highest BCUT2D eigenvalue weighted by atomic mass is 79.9. The van der Waals surface area contributed by atoms with Crippen molar-refractivity contribution in [1.29, 1.82) is 0 Å². The molecule has 0 aliphatic carbocycles. The zero-order chi connectivity index (χ0) is 15.5. The Kier molecular flexibility index (Phi) is 5.97. The molecule has 1 aromatic carbocycles. The number of rotatable bonds is 4. The summed E-state index contributed by atoms with van der Waals surface area (Å²) in [6.07, 6.45) is 5.55. The molecule has 2 heterocycles. The topological polar surface area (TPSA) is 27.3 Å². The van der Waals surface area contributed by atoms with Crippen molar-refractivity contribution in [2.45, 2.75) is 19.9 Å². The van der Waals surface area contributed by atoms with Gasteiger partial charge in [-0.05, 0) is 42.3 Å². The molecule has 0 atom stereocenters. The lowest BCUT2D eigenvalue weighted by Gasteiger charge is -2.19. The number of hydrogen-bond donors (Lipinski definition) is 1. The van der Waals surface area contributed by atoms with Gasteiger partial charge in [-0.2, -0.15) is 4.57 Å². The standard InChI is InChI=1S/C19H23N2O.BrH/c1-15-13-18(20(2)11-12-22)7-6-16(15)14-17-8-10-21-9-4-3-5-19(17)21;/h3-7,9,13-14,22H,8,10-12H2,1-2H3;1H/q+1;/p-1. The third-order valence-electron chi connectivity index (χ3n) is 4.35. The Morgan fingerprint density at radius 3 is 2.83 bits per heavy atom. The minimum atomic E-state index is 0. The van der Waals surface area contributed by atoms with Gasteiger partial charge in [0, 0.05) is 43.4 Å². The van der Waals surface area contributed by atoms with Crippen molar-refractivity contribution in [3.05, 3.63) is 59.4 Å². The van der Waals surface area contributed by atoms with Crippen LogP contribution in [0.15, 0.2) is 42.6 Å². The molecule has 0 unspecified atom stereocenters. The third kappa shape index (κ3) is 3.82. The van der Waals surface area contributed by atoms with Crippen LogP contribution in [0.3, 0.4) is 0 Å². The van der Waals surface area contributed by atoms with Gasteiger partial charge in [0.1, 0.15) is 0 Å². The van der Waals surface area contributed by atoms with Gasteiger partial charge in [0.05, 0.1) is 6.61 Å². The molecule has 0 amide bonds. The van der Waals surface area contributed by atoms with E-state index in [9.17, 15) is 0 Å². The Hall–Kier alpha value is -1.65. The van der Waals surface area contributed by atoms with Crippen molar-refractivity contribution in [2.24, 2.45) is 0 Å². The molecule has 1 N–H and O–H groups in total. The monoisotopic (exact) mass is 374 g/mol. The van der Waals surface area contributed by atoms with Crippen LogP contribution in [0.2, 0.25) is 0 Å². The molecular weight excluding hydrogens is 352 g/mol. The molecule has 122 valence electrons. The number of hydrogen-bond acceptors (Lipinski definition) is 2. The van der Waals surface area contributed by atoms with Gasteiger partial charge >= 0.3 is 0 Å². The number of pyridine rings is 1. The summed E-state index contributed by atoms with van der Waals surface area (Å²) in [4.78, 5) is 2.07. The van der Waals surface area contributed by atoms with Crippen molar-refractivity contribution >= 4 is 17.3 Å². The largest absolute Gasteiger partial charge is 1.00 e. The quantitative estimate of drug-likeness (QED) is 0.741. The lowest BCUT2D eigenvalue weighted by Crippen LogP contribution is -3.00. The van der Waals surface area contributed by atoms with Gasteiger partial charge in [0.15, 0.2) is 12.7 Å². The Balaban J connectivity index is 0.00000192. The number of nitrogens with zero attached hydrogens (tertiary/aromatic N) is 2. The molecule has 1 aromatic heterocycles. The van der Waals surface area contributed by atoms with Gasteiger partial charge in [-0.1, -0.05) is 6.07 Å². The van der Waals surface area contributed by atoms with E-state index in [1.165, 1.54) is 22.4 Å². The first-order chi connectivity index (χ1) is 10.7. The van der Waals surface area contributed by atoms with E-state index in [0.717, 1.165) is 18.7 Å². The Morgan fingerprint density at radius 1 is 1.26 bits per heavy atom. The summed E-state index contributed by atoms with van der Waals surface area (Å²) in [7, 11) is 2.01. The molecule has 0 fully saturated rings. The normalized spacial score (nSPS) is 14.5. The van der Waals surface area contributed by atoms with Gasteiger partial charge in [0.2, 0.25) is 5.69 Å². The summed E-state index contributed by atoms with van der Waals surface area (Å²) in [5.41, 5.74) is 6.41. The number of aliphatic hydroxyl groups excluding tert-OH is 1. The second kappa shape index (κ2) is 7.75. The molecule has 1 aliphatic rings. The Bertz CT molecular complexity index is 712. The predicted molar refractivity (Wildman–Crippen MR) is 90.7 cm³/mol. The summed E-state index contributed by atoms with van der Waals surface area (Å²) in [5.74, 6) is 0. The van der Waals surface area contributed by atoms with E-state index in [1.54, 1.807) is 0 Å². The van der Waals surface area contributed by atoms with Crippen LogP contribution in [-0.4, -0.2) is 25.3 Å². The van der Waals surface area contributed by atoms with Crippen molar-refractivity contribution in [3.63, 3.8) is 0 Å². The number of aliphatic hydroxyl groups is 1. The molecule has 3 rings (SSSR count). The van der Waals surface area contributed by atoms with Gasteiger partial charge in [-0.3, -0.25) is 0 Å². The highest BCUT2D eigenvalue weighted by molar-refractivity contribution is 5.81. The van der Waals surface area contributed by atoms with Crippen LogP contribution in [0, 0.1) is 6.92 Å². The predicted octanol–water partition coefficient (Wildman–Crippen LogP) is -0.341. The van der Waals surface area contributed by atoms with E-state index >= 15 is 0 Å². The highest BCUT2D eigenvalue weighted by Gasteiger charge is 2.22. The van der Waals surface area contributed by atoms with E-state index in [4.69, 9.17) is 5.11 Å². The van der Waals surface area contributed by atoms with Crippen molar-refractivity contribution in [3.8, 4) is 0 Å². The number of anilines is 1. The molecular formula is C19H23BrN2O. The van der Waals surface area contributed by atoms with Crippen molar-refractivity contribution < 1.29 is 26.7 Å². The Labute approximate surface area is 148 Å². The van der Waals surface area contributed by atoms with Crippen LogP contribution in [0.5, 0.6) is 0 Å². The number of halogens is 1. The first-order valence-electron chi connectivity index (χ1n) is 7.81. The molecule has 0 saturated heterocycles. The highest BCUT2D eigenvalue weighted by Crippen LogP contribution is 2.26. The van der Waals surface area contributed by atoms with E-state index in [0.29, 0.717) is 6.54 Å². The number of aromatic nitrogens is 1. The number of allylic oxidation sites excluding steroid dienone is 1. The fourth-order valence-corrected chi connectivity index (χ4v) is 3.00. The smallest absolute Gasteiger partial charge is 0.208 e. The van der Waals surface area contributed by atoms with Gasteiger partial charge in [-0.25, -0.2) is 0 Å². The molecule has 2 aromatic rings. The maximum atomic E-state index is 9.05. The van der Waals surface area contributed by atoms with E-state index in [2.05, 4.69) is 65.1 Å². The molecule has 0 bridgehead atoms. The third-order valence-corrected chi connectivity index (χ3v) is 4.35. The lowest BCUT2D eigenvalue weighted by atomic mass is 10.0. The Morgan fingerprint density at radius 2 is 2.09 bits per heavy atom. The molecule has 0 radical (unpaired) electrons. The fraction of sp³-hybridized carbons (Fsp3) is 0.316. The van der Waals surface area contributed by atoms with Crippen LogP contribution in [-0.2, 0) is 6.54 Å². The molecule has 3 nitrogen and oxygen atoms in total. The van der Waals surface area contributed by atoms with Crippen LogP contribution in [0.4, 0.5) is 5.69 Å². The van der Waals surface area contributed by atoms with Gasteiger partial charge in [-0.15, -0.1) is 0 Å². The maximum Gasteiger partial charge on any atom is 0.208 e.